The van der Waals surface area contributed by atoms with Gasteiger partial charge in [0.2, 0.25) is 0 Å². The van der Waals surface area contributed by atoms with E-state index < -0.39 is 38.4 Å². The maximum Gasteiger partial charge on any atom is 0.185 e. The molecule has 2 aromatic rings. The molecule has 2 aliphatic rings. The van der Waals surface area contributed by atoms with E-state index >= 15 is 0 Å². The van der Waals surface area contributed by atoms with Crippen LogP contribution in [-0.4, -0.2) is 61.5 Å². The molecule has 1 aromatic heterocycles. The van der Waals surface area contributed by atoms with Crippen LogP contribution in [0.2, 0.25) is 0 Å². The van der Waals surface area contributed by atoms with Crippen molar-refractivity contribution in [2.45, 2.75) is 43.6 Å². The van der Waals surface area contributed by atoms with Gasteiger partial charge >= 0.3 is 0 Å². The Hall–Kier alpha value is -2.92. The number of alkyl halides is 1. The maximum atomic E-state index is 14.9. The topological polar surface area (TPSA) is 121 Å². The Morgan fingerprint density at radius 3 is 2.57 bits per heavy atom. The highest BCUT2D eigenvalue weighted by Gasteiger charge is 2.51. The fourth-order valence-electron chi connectivity index (χ4n) is 4.02. The molecule has 1 saturated heterocycles. The summed E-state index contributed by atoms with van der Waals surface area (Å²) in [5.74, 6) is -1.68. The van der Waals surface area contributed by atoms with Crippen LogP contribution >= 0.6 is 0 Å². The van der Waals surface area contributed by atoms with Gasteiger partial charge in [-0.25, -0.2) is 22.2 Å². The van der Waals surface area contributed by atoms with Crippen LogP contribution in [0.4, 0.5) is 8.78 Å². The molecule has 2 aliphatic heterocycles. The zero-order valence-corrected chi connectivity index (χ0v) is 20.5. The van der Waals surface area contributed by atoms with Crippen molar-refractivity contribution in [3.8, 4) is 5.75 Å². The van der Waals surface area contributed by atoms with Gasteiger partial charge in [0.15, 0.2) is 15.6 Å². The molecule has 2 N–H and O–H groups in total. The molecule has 3 heterocycles. The summed E-state index contributed by atoms with van der Waals surface area (Å²) in [4.78, 5) is 21.3. The van der Waals surface area contributed by atoms with Crippen LogP contribution in [0.15, 0.2) is 35.5 Å². The minimum absolute atomic E-state index is 0.0379. The van der Waals surface area contributed by atoms with Gasteiger partial charge in [0.1, 0.15) is 46.2 Å². The quantitative estimate of drug-likeness (QED) is 0.572. The smallest absolute Gasteiger partial charge is 0.185 e. The molecular weight excluding hydrogens is 480 g/mol. The van der Waals surface area contributed by atoms with E-state index in [-0.39, 0.29) is 35.4 Å². The molecule has 35 heavy (non-hydrogen) atoms. The molecule has 0 unspecified atom stereocenters. The van der Waals surface area contributed by atoms with Crippen molar-refractivity contribution < 1.29 is 31.5 Å². The van der Waals surface area contributed by atoms with Crippen molar-refractivity contribution in [3.63, 3.8) is 0 Å². The number of nitrogens with two attached hydrogens (primary N) is 1. The number of halogens is 2. The molecule has 0 radical (unpaired) electrons. The number of aromatic nitrogens is 1. The lowest BCUT2D eigenvalue weighted by molar-refractivity contribution is -0.0798. The number of rotatable bonds is 7. The van der Waals surface area contributed by atoms with Crippen LogP contribution in [0.1, 0.15) is 41.0 Å². The molecular formula is C24H27F2N3O5S. The number of benzene rings is 1. The summed E-state index contributed by atoms with van der Waals surface area (Å²) in [5.41, 5.74) is 4.80. The summed E-state index contributed by atoms with van der Waals surface area (Å²) in [6.45, 7) is 4.21. The molecule has 0 amide bonds. The van der Waals surface area contributed by atoms with Crippen molar-refractivity contribution in [2.24, 2.45) is 10.7 Å². The number of amidine groups is 1. The predicted octanol–water partition coefficient (Wildman–Crippen LogP) is 2.46. The first-order valence-corrected chi connectivity index (χ1v) is 12.7. The number of Topliss-reactive ketones (excluding diaryl/α,β-unsaturated/α-hetero) is 1. The van der Waals surface area contributed by atoms with E-state index in [2.05, 4.69) is 9.98 Å². The minimum Gasteiger partial charge on any atom is -0.484 e. The van der Waals surface area contributed by atoms with Crippen molar-refractivity contribution in [1.29, 1.82) is 0 Å². The van der Waals surface area contributed by atoms with E-state index in [0.717, 1.165) is 6.07 Å². The van der Waals surface area contributed by atoms with E-state index in [1.165, 1.54) is 32.2 Å². The summed E-state index contributed by atoms with van der Waals surface area (Å²) in [6, 6.07) is 5.45. The van der Waals surface area contributed by atoms with E-state index in [0.29, 0.717) is 30.1 Å². The van der Waals surface area contributed by atoms with Crippen LogP contribution in [0.5, 0.6) is 5.75 Å². The van der Waals surface area contributed by atoms with Gasteiger partial charge in [-0.15, -0.1) is 0 Å². The Kier molecular flexibility index (Phi) is 6.43. The van der Waals surface area contributed by atoms with E-state index in [1.54, 1.807) is 13.0 Å². The number of aliphatic imine (C=N–C) groups is 1. The summed E-state index contributed by atoms with van der Waals surface area (Å²) >= 11 is 0. The number of aryl methyl sites for hydroxylation is 1. The third kappa shape index (κ3) is 4.54. The second-order valence-corrected chi connectivity index (χ2v) is 12.0. The highest BCUT2D eigenvalue weighted by molar-refractivity contribution is 7.93. The number of nitrogens with zero attached hydrogens (tertiary/aromatic N) is 2. The monoisotopic (exact) mass is 507 g/mol. The number of carbonyl (C=O) groups is 1. The van der Waals surface area contributed by atoms with Crippen molar-refractivity contribution >= 4 is 21.5 Å². The fraction of sp³-hybridized carbons (Fsp3) is 0.458. The van der Waals surface area contributed by atoms with Gasteiger partial charge in [0, 0.05) is 12.0 Å². The molecule has 0 spiro atoms. The van der Waals surface area contributed by atoms with E-state index in [4.69, 9.17) is 15.2 Å². The third-order valence-electron chi connectivity index (χ3n) is 6.50. The molecule has 0 bridgehead atoms. The Morgan fingerprint density at radius 2 is 2.00 bits per heavy atom. The van der Waals surface area contributed by atoms with Crippen LogP contribution in [0.25, 0.3) is 0 Å². The first-order valence-electron chi connectivity index (χ1n) is 11.1. The van der Waals surface area contributed by atoms with E-state index in [9.17, 15) is 22.0 Å². The van der Waals surface area contributed by atoms with Crippen molar-refractivity contribution in [1.82, 2.24) is 4.98 Å². The van der Waals surface area contributed by atoms with Gasteiger partial charge in [-0.3, -0.25) is 9.79 Å². The Morgan fingerprint density at radius 1 is 1.29 bits per heavy atom. The Balaban J connectivity index is 1.62. The molecule has 1 atom stereocenters. The largest absolute Gasteiger partial charge is 0.484 e. The van der Waals surface area contributed by atoms with Gasteiger partial charge in [-0.05, 0) is 50.1 Å². The van der Waals surface area contributed by atoms with Gasteiger partial charge in [-0.1, -0.05) is 6.07 Å². The lowest BCUT2D eigenvalue weighted by atomic mass is 9.90. The number of carbonyl (C=O) groups excluding carboxylic acids is 1. The van der Waals surface area contributed by atoms with Crippen LogP contribution in [0, 0.1) is 12.7 Å². The van der Waals surface area contributed by atoms with Crippen LogP contribution < -0.4 is 10.5 Å². The van der Waals surface area contributed by atoms with Crippen molar-refractivity contribution in [3.05, 3.63) is 58.7 Å². The van der Waals surface area contributed by atoms with Crippen molar-refractivity contribution in [2.75, 3.05) is 25.6 Å². The molecule has 0 aliphatic carbocycles. The average Bonchev–Trinajstić information content (AvgIpc) is 2.76. The number of hydrogen-bond donors (Lipinski definition) is 1. The van der Waals surface area contributed by atoms with Crippen LogP contribution in [-0.2, 0) is 26.5 Å². The summed E-state index contributed by atoms with van der Waals surface area (Å²) in [6.07, 6.45) is 1.26. The van der Waals surface area contributed by atoms with Gasteiger partial charge in [0.05, 0.1) is 25.2 Å². The van der Waals surface area contributed by atoms with E-state index in [1.807, 2.05) is 0 Å². The second kappa shape index (κ2) is 8.94. The number of hydrogen-bond acceptors (Lipinski definition) is 8. The normalized spacial score (nSPS) is 23.3. The van der Waals surface area contributed by atoms with Gasteiger partial charge in [-0.2, -0.15) is 0 Å². The Labute approximate surface area is 202 Å². The molecule has 188 valence electrons. The highest BCUT2D eigenvalue weighted by atomic mass is 32.2. The second-order valence-electron chi connectivity index (χ2n) is 9.46. The lowest BCUT2D eigenvalue weighted by Crippen LogP contribution is -2.56. The molecule has 11 heteroatoms. The summed E-state index contributed by atoms with van der Waals surface area (Å²) < 4.78 is 64.2. The first kappa shape index (κ1) is 25.2. The number of ketones is 1. The van der Waals surface area contributed by atoms with Crippen LogP contribution in [0.3, 0.4) is 0 Å². The molecule has 1 aromatic carbocycles. The van der Waals surface area contributed by atoms with Gasteiger partial charge < -0.3 is 15.2 Å². The molecule has 4 rings (SSSR count). The molecule has 0 saturated carbocycles. The average molecular weight is 508 g/mol. The lowest BCUT2D eigenvalue weighted by Gasteiger charge is -2.38. The zero-order valence-electron chi connectivity index (χ0n) is 19.7. The summed E-state index contributed by atoms with van der Waals surface area (Å²) in [7, 11) is -3.95. The van der Waals surface area contributed by atoms with Gasteiger partial charge in [0.25, 0.3) is 0 Å². The predicted molar refractivity (Wildman–Crippen MR) is 126 cm³/mol. The number of sulfone groups is 1. The summed E-state index contributed by atoms with van der Waals surface area (Å²) in [5, 5.41) is 0. The highest BCUT2D eigenvalue weighted by Crippen LogP contribution is 2.39. The molecule has 8 nitrogen and oxygen atoms in total. The number of pyridine rings is 1. The maximum absolute atomic E-state index is 14.9. The zero-order chi connectivity index (χ0) is 25.6. The fourth-order valence-corrected chi connectivity index (χ4v) is 5.67. The Bertz CT molecular complexity index is 1310. The minimum atomic E-state index is -3.95. The molecule has 1 fully saturated rings. The first-order chi connectivity index (χ1) is 16.4. The standard InChI is InChI=1S/C24H27F2N3O5S/c1-14-6-16(34-17-10-33-11-17)9-28-21(14)20(30)8-15-4-5-19(26)18(7-15)24(12-25)13-35(31,32)23(2,3)22(27)29-24/h4-7,9,17H,8,10-13H2,1-3H3,(H2,27,29)/t24-/m0/s1. The third-order valence-corrected chi connectivity index (χ3v) is 9.12. The SMILES string of the molecule is Cc1cc(OC2COC2)cnc1C(=O)Cc1ccc(F)c([C@]2(CF)CS(=O)(=O)C(C)(C)C(N)=N2)c1. The number of ether oxygens (including phenoxy) is 2.